The molecule has 3 rings (SSSR count). The number of thiazole rings is 1. The number of para-hydroxylation sites is 1. The van der Waals surface area contributed by atoms with Gasteiger partial charge in [0.2, 0.25) is 0 Å². The first kappa shape index (κ1) is 17.3. The Labute approximate surface area is 150 Å². The minimum Gasteiger partial charge on any atom is -0.376 e. The minimum absolute atomic E-state index is 0.00647. The van der Waals surface area contributed by atoms with Crippen molar-refractivity contribution in [1.82, 2.24) is 9.97 Å². The van der Waals surface area contributed by atoms with Gasteiger partial charge in [-0.3, -0.25) is 10.1 Å². The van der Waals surface area contributed by atoms with E-state index in [1.165, 1.54) is 6.07 Å². The van der Waals surface area contributed by atoms with Gasteiger partial charge in [0.1, 0.15) is 0 Å². The summed E-state index contributed by atoms with van der Waals surface area (Å²) in [7, 11) is 0. The summed E-state index contributed by atoms with van der Waals surface area (Å²) in [5.41, 5.74) is 2.97. The third-order valence-corrected chi connectivity index (χ3v) is 5.16. The van der Waals surface area contributed by atoms with Gasteiger partial charge in [-0.1, -0.05) is 26.0 Å². The number of anilines is 1. The minimum atomic E-state index is -0.392. The number of benzene rings is 1. The third-order valence-electron chi connectivity index (χ3n) is 3.99. The quantitative estimate of drug-likeness (QED) is 0.501. The van der Waals surface area contributed by atoms with E-state index in [1.54, 1.807) is 17.4 Å². The summed E-state index contributed by atoms with van der Waals surface area (Å²) in [6.07, 6.45) is 0. The molecule has 1 aromatic carbocycles. The Hall–Kier alpha value is -2.54. The van der Waals surface area contributed by atoms with E-state index in [0.717, 1.165) is 27.5 Å². The second-order valence-corrected chi connectivity index (χ2v) is 7.26. The largest absolute Gasteiger partial charge is 0.376 e. The van der Waals surface area contributed by atoms with E-state index in [1.807, 2.05) is 26.0 Å². The molecule has 1 N–H and O–H groups in total. The Bertz CT molecular complexity index is 936. The molecule has 130 valence electrons. The monoisotopic (exact) mass is 356 g/mol. The fourth-order valence-electron chi connectivity index (χ4n) is 2.70. The van der Waals surface area contributed by atoms with E-state index in [2.05, 4.69) is 34.5 Å². The van der Waals surface area contributed by atoms with Crippen molar-refractivity contribution < 1.29 is 4.92 Å². The number of aryl methyl sites for hydroxylation is 1. The molecule has 0 saturated carbocycles. The standard InChI is InChI=1S/C18H20N4O2S/c1-10(2)18-21-15(9-25-18)12(4)20-14-8-11(3)19-17-13(14)6-5-7-16(17)22(23)24/h5-10,12H,1-4H3,(H,19,20). The number of pyridine rings is 1. The van der Waals surface area contributed by atoms with Gasteiger partial charge in [-0.15, -0.1) is 11.3 Å². The predicted octanol–water partition coefficient (Wildman–Crippen LogP) is 5.20. The fourth-order valence-corrected chi connectivity index (χ4v) is 3.63. The number of nitro benzene ring substituents is 1. The molecule has 0 aliphatic carbocycles. The van der Waals surface area contributed by atoms with E-state index in [-0.39, 0.29) is 11.7 Å². The highest BCUT2D eigenvalue weighted by molar-refractivity contribution is 7.09. The molecule has 0 radical (unpaired) electrons. The summed E-state index contributed by atoms with van der Waals surface area (Å²) < 4.78 is 0. The lowest BCUT2D eigenvalue weighted by Gasteiger charge is -2.16. The zero-order valence-corrected chi connectivity index (χ0v) is 15.4. The molecule has 0 saturated heterocycles. The van der Waals surface area contributed by atoms with Gasteiger partial charge in [-0.05, 0) is 19.9 Å². The molecule has 7 heteroatoms. The zero-order valence-electron chi connectivity index (χ0n) is 14.6. The fraction of sp³-hybridized carbons (Fsp3) is 0.333. The number of nitro groups is 1. The van der Waals surface area contributed by atoms with E-state index >= 15 is 0 Å². The Morgan fingerprint density at radius 1 is 1.24 bits per heavy atom. The lowest BCUT2D eigenvalue weighted by atomic mass is 10.1. The molecule has 25 heavy (non-hydrogen) atoms. The lowest BCUT2D eigenvalue weighted by Crippen LogP contribution is -2.08. The first-order valence-corrected chi connectivity index (χ1v) is 9.01. The van der Waals surface area contributed by atoms with Gasteiger partial charge >= 0.3 is 0 Å². The molecular formula is C18H20N4O2S. The normalized spacial score (nSPS) is 12.5. The van der Waals surface area contributed by atoms with Crippen molar-refractivity contribution in [3.8, 4) is 0 Å². The Morgan fingerprint density at radius 3 is 2.64 bits per heavy atom. The van der Waals surface area contributed by atoms with Crippen LogP contribution in [0.2, 0.25) is 0 Å². The Balaban J connectivity index is 2.00. The maximum atomic E-state index is 11.3. The second kappa shape index (κ2) is 6.76. The summed E-state index contributed by atoms with van der Waals surface area (Å²) in [6.45, 7) is 8.13. The number of hydrogen-bond donors (Lipinski definition) is 1. The number of fused-ring (bicyclic) bond motifs is 1. The molecule has 1 atom stereocenters. The number of aromatic nitrogens is 2. The molecule has 0 fully saturated rings. The van der Waals surface area contributed by atoms with Crippen LogP contribution in [0.3, 0.4) is 0 Å². The summed E-state index contributed by atoms with van der Waals surface area (Å²) in [5.74, 6) is 0.401. The number of non-ortho nitro benzene ring substituents is 1. The molecule has 0 spiro atoms. The van der Waals surface area contributed by atoms with Crippen LogP contribution in [0, 0.1) is 17.0 Å². The summed E-state index contributed by atoms with van der Waals surface area (Å²) in [4.78, 5) is 19.9. The van der Waals surface area contributed by atoms with Crippen LogP contribution in [0.4, 0.5) is 11.4 Å². The zero-order chi connectivity index (χ0) is 18.1. The van der Waals surface area contributed by atoms with Crippen molar-refractivity contribution in [2.24, 2.45) is 0 Å². The van der Waals surface area contributed by atoms with Crippen LogP contribution in [-0.2, 0) is 0 Å². The lowest BCUT2D eigenvalue weighted by molar-refractivity contribution is -0.383. The van der Waals surface area contributed by atoms with Crippen molar-refractivity contribution in [1.29, 1.82) is 0 Å². The first-order valence-electron chi connectivity index (χ1n) is 8.13. The SMILES string of the molecule is Cc1cc(NC(C)c2csc(C(C)C)n2)c2cccc([N+](=O)[O-])c2n1. The molecular weight excluding hydrogens is 336 g/mol. The average Bonchev–Trinajstić information content (AvgIpc) is 3.04. The molecule has 0 bridgehead atoms. The van der Waals surface area contributed by atoms with Gasteiger partial charge in [0.15, 0.2) is 5.52 Å². The maximum absolute atomic E-state index is 11.3. The third kappa shape index (κ3) is 3.46. The van der Waals surface area contributed by atoms with Crippen molar-refractivity contribution in [3.05, 3.63) is 56.2 Å². The van der Waals surface area contributed by atoms with Crippen LogP contribution in [0.1, 0.15) is 49.1 Å². The predicted molar refractivity (Wildman–Crippen MR) is 101 cm³/mol. The van der Waals surface area contributed by atoms with Crippen LogP contribution < -0.4 is 5.32 Å². The Kier molecular flexibility index (Phi) is 4.67. The molecule has 2 aromatic heterocycles. The molecule has 0 amide bonds. The molecule has 3 aromatic rings. The number of hydrogen-bond acceptors (Lipinski definition) is 6. The smallest absolute Gasteiger partial charge is 0.295 e. The Morgan fingerprint density at radius 2 is 2.00 bits per heavy atom. The molecule has 0 aliphatic rings. The van der Waals surface area contributed by atoms with Crippen molar-refractivity contribution in [3.63, 3.8) is 0 Å². The van der Waals surface area contributed by atoms with Gasteiger partial charge in [-0.25, -0.2) is 9.97 Å². The van der Waals surface area contributed by atoms with Crippen LogP contribution in [0.15, 0.2) is 29.6 Å². The van der Waals surface area contributed by atoms with E-state index < -0.39 is 4.92 Å². The van der Waals surface area contributed by atoms with Gasteiger partial charge in [0, 0.05) is 34.1 Å². The summed E-state index contributed by atoms with van der Waals surface area (Å²) in [6, 6.07) is 6.93. The van der Waals surface area contributed by atoms with Gasteiger partial charge in [-0.2, -0.15) is 0 Å². The number of rotatable bonds is 5. The summed E-state index contributed by atoms with van der Waals surface area (Å²) >= 11 is 1.66. The highest BCUT2D eigenvalue weighted by Gasteiger charge is 2.18. The van der Waals surface area contributed by atoms with E-state index in [4.69, 9.17) is 0 Å². The van der Waals surface area contributed by atoms with Crippen molar-refractivity contribution in [2.45, 2.75) is 39.7 Å². The van der Waals surface area contributed by atoms with Gasteiger partial charge in [0.25, 0.3) is 5.69 Å². The maximum Gasteiger partial charge on any atom is 0.295 e. The molecule has 2 heterocycles. The van der Waals surface area contributed by atoms with Crippen LogP contribution in [-0.4, -0.2) is 14.9 Å². The van der Waals surface area contributed by atoms with Crippen LogP contribution >= 0.6 is 11.3 Å². The highest BCUT2D eigenvalue weighted by atomic mass is 32.1. The summed E-state index contributed by atoms with van der Waals surface area (Å²) in [5, 5.41) is 18.6. The molecule has 1 unspecified atom stereocenters. The van der Waals surface area contributed by atoms with Gasteiger partial charge < -0.3 is 5.32 Å². The first-order chi connectivity index (χ1) is 11.9. The average molecular weight is 356 g/mol. The van der Waals surface area contributed by atoms with E-state index in [0.29, 0.717) is 11.4 Å². The number of nitrogens with zero attached hydrogens (tertiary/aromatic N) is 3. The van der Waals surface area contributed by atoms with Crippen LogP contribution in [0.25, 0.3) is 10.9 Å². The highest BCUT2D eigenvalue weighted by Crippen LogP contribution is 2.32. The topological polar surface area (TPSA) is 81.0 Å². The van der Waals surface area contributed by atoms with E-state index in [9.17, 15) is 10.1 Å². The second-order valence-electron chi connectivity index (χ2n) is 6.37. The van der Waals surface area contributed by atoms with Crippen molar-refractivity contribution >= 4 is 33.6 Å². The van der Waals surface area contributed by atoms with Gasteiger partial charge in [0.05, 0.1) is 21.7 Å². The van der Waals surface area contributed by atoms with Crippen molar-refractivity contribution in [2.75, 3.05) is 5.32 Å². The molecule has 6 nitrogen and oxygen atoms in total. The van der Waals surface area contributed by atoms with Crippen LogP contribution in [0.5, 0.6) is 0 Å². The molecule has 0 aliphatic heterocycles. The number of nitrogens with one attached hydrogen (secondary N) is 1.